The number of aryl methyl sites for hydroxylation is 1. The van der Waals surface area contributed by atoms with Crippen LogP contribution in [0.5, 0.6) is 0 Å². The average Bonchev–Trinajstić information content (AvgIpc) is 3.33. The lowest BCUT2D eigenvalue weighted by atomic mass is 10.1. The monoisotopic (exact) mass is 428 g/mol. The SMILES string of the molecule is Cc1cc(C(=O)Nc2nc3c(s2)CN(C(=O)CCSc2ccccc2)CC3)no1. The molecule has 4 rings (SSSR count). The summed E-state index contributed by atoms with van der Waals surface area (Å²) in [5, 5.41) is 7.00. The molecule has 0 aliphatic carbocycles. The van der Waals surface area contributed by atoms with Crippen LogP contribution in [0.3, 0.4) is 0 Å². The molecule has 1 aliphatic rings. The number of hydrogen-bond donors (Lipinski definition) is 1. The standard InChI is InChI=1S/C20H20N4O3S2/c1-13-11-16(23-27-13)19(26)22-20-21-15-7-9-24(12-17(15)29-20)18(25)8-10-28-14-5-3-2-4-6-14/h2-6,11H,7-10,12H2,1H3,(H,21,22,26). The Morgan fingerprint density at radius 3 is 2.90 bits per heavy atom. The van der Waals surface area contributed by atoms with Crippen LogP contribution in [0.15, 0.2) is 45.8 Å². The van der Waals surface area contributed by atoms with E-state index in [0.29, 0.717) is 36.8 Å². The highest BCUT2D eigenvalue weighted by molar-refractivity contribution is 7.99. The zero-order valence-electron chi connectivity index (χ0n) is 15.9. The van der Waals surface area contributed by atoms with Gasteiger partial charge in [-0.25, -0.2) is 4.98 Å². The van der Waals surface area contributed by atoms with Crippen molar-refractivity contribution in [1.82, 2.24) is 15.0 Å². The highest BCUT2D eigenvalue weighted by Crippen LogP contribution is 2.29. The minimum Gasteiger partial charge on any atom is -0.361 e. The highest BCUT2D eigenvalue weighted by Gasteiger charge is 2.24. The molecule has 0 saturated heterocycles. The van der Waals surface area contributed by atoms with Gasteiger partial charge in [0.15, 0.2) is 10.8 Å². The number of hydrogen-bond acceptors (Lipinski definition) is 7. The minimum atomic E-state index is -0.348. The number of aromatic nitrogens is 2. The molecule has 9 heteroatoms. The summed E-state index contributed by atoms with van der Waals surface area (Å²) < 4.78 is 4.93. The van der Waals surface area contributed by atoms with Crippen LogP contribution < -0.4 is 5.32 Å². The third kappa shape index (κ3) is 4.86. The van der Waals surface area contributed by atoms with Crippen molar-refractivity contribution in [2.24, 2.45) is 0 Å². The zero-order valence-corrected chi connectivity index (χ0v) is 17.5. The van der Waals surface area contributed by atoms with Gasteiger partial charge in [-0.15, -0.1) is 11.8 Å². The molecule has 1 aliphatic heterocycles. The summed E-state index contributed by atoms with van der Waals surface area (Å²) in [6.45, 7) is 2.93. The Labute approximate surface area is 176 Å². The molecule has 1 aromatic carbocycles. The van der Waals surface area contributed by atoms with Gasteiger partial charge in [-0.05, 0) is 19.1 Å². The van der Waals surface area contributed by atoms with Crippen molar-refractivity contribution in [2.45, 2.75) is 31.2 Å². The lowest BCUT2D eigenvalue weighted by Crippen LogP contribution is -2.35. The first-order chi connectivity index (χ1) is 14.1. The second kappa shape index (κ2) is 8.79. The Morgan fingerprint density at radius 1 is 1.31 bits per heavy atom. The summed E-state index contributed by atoms with van der Waals surface area (Å²) in [4.78, 5) is 33.4. The molecule has 0 bridgehead atoms. The van der Waals surface area contributed by atoms with Crippen molar-refractivity contribution in [2.75, 3.05) is 17.6 Å². The van der Waals surface area contributed by atoms with Crippen molar-refractivity contribution in [3.63, 3.8) is 0 Å². The molecule has 2 amide bonds. The number of nitrogens with zero attached hydrogens (tertiary/aromatic N) is 3. The van der Waals surface area contributed by atoms with Crippen LogP contribution in [0.4, 0.5) is 5.13 Å². The molecule has 3 heterocycles. The van der Waals surface area contributed by atoms with E-state index in [2.05, 4.69) is 27.6 Å². The van der Waals surface area contributed by atoms with Crippen molar-refractivity contribution in [3.05, 3.63) is 58.4 Å². The molecule has 0 spiro atoms. The van der Waals surface area contributed by atoms with E-state index < -0.39 is 0 Å². The van der Waals surface area contributed by atoms with Gasteiger partial charge in [-0.2, -0.15) is 0 Å². The molecule has 150 valence electrons. The molecule has 3 aromatic rings. The second-order valence-corrected chi connectivity index (χ2v) is 8.89. The lowest BCUT2D eigenvalue weighted by Gasteiger charge is -2.26. The maximum Gasteiger partial charge on any atom is 0.279 e. The molecule has 7 nitrogen and oxygen atoms in total. The van der Waals surface area contributed by atoms with Crippen LogP contribution in [0, 0.1) is 6.92 Å². The van der Waals surface area contributed by atoms with Crippen LogP contribution >= 0.6 is 23.1 Å². The Kier molecular flexibility index (Phi) is 5.96. The fourth-order valence-corrected chi connectivity index (χ4v) is 4.91. The average molecular weight is 429 g/mol. The van der Waals surface area contributed by atoms with E-state index in [9.17, 15) is 9.59 Å². The summed E-state index contributed by atoms with van der Waals surface area (Å²) in [6.07, 6.45) is 1.20. The largest absolute Gasteiger partial charge is 0.361 e. The number of thioether (sulfide) groups is 1. The first kappa shape index (κ1) is 19.7. The fourth-order valence-electron chi connectivity index (χ4n) is 3.03. The Balaban J connectivity index is 1.31. The lowest BCUT2D eigenvalue weighted by molar-refractivity contribution is -0.131. The third-order valence-corrected chi connectivity index (χ3v) is 6.50. The normalized spacial score (nSPS) is 13.2. The predicted molar refractivity (Wildman–Crippen MR) is 112 cm³/mol. The van der Waals surface area contributed by atoms with Crippen LogP contribution in [-0.4, -0.2) is 39.2 Å². The summed E-state index contributed by atoms with van der Waals surface area (Å²) in [5.74, 6) is 1.14. The van der Waals surface area contributed by atoms with Crippen LogP contribution in [-0.2, 0) is 17.8 Å². The topological polar surface area (TPSA) is 88.3 Å². The summed E-state index contributed by atoms with van der Waals surface area (Å²) in [7, 11) is 0. The van der Waals surface area contributed by atoms with Gasteiger partial charge in [0.1, 0.15) is 5.76 Å². The van der Waals surface area contributed by atoms with Crippen molar-refractivity contribution in [3.8, 4) is 0 Å². The summed E-state index contributed by atoms with van der Waals surface area (Å²) >= 11 is 3.10. The summed E-state index contributed by atoms with van der Waals surface area (Å²) in [5.41, 5.74) is 1.17. The van der Waals surface area contributed by atoms with E-state index in [1.54, 1.807) is 24.8 Å². The number of amides is 2. The van der Waals surface area contributed by atoms with E-state index in [1.807, 2.05) is 23.1 Å². The van der Waals surface area contributed by atoms with E-state index in [0.717, 1.165) is 16.3 Å². The second-order valence-electron chi connectivity index (χ2n) is 6.64. The molecule has 1 N–H and O–H groups in total. The van der Waals surface area contributed by atoms with E-state index in [4.69, 9.17) is 4.52 Å². The maximum absolute atomic E-state index is 12.6. The Bertz CT molecular complexity index is 1020. The van der Waals surface area contributed by atoms with Gasteiger partial charge in [0.25, 0.3) is 5.91 Å². The van der Waals surface area contributed by atoms with Gasteiger partial charge in [0.05, 0.1) is 12.2 Å². The Hall–Kier alpha value is -2.65. The molecular formula is C20H20N4O3S2. The number of carbonyl (C=O) groups excluding carboxylic acids is 2. The van der Waals surface area contributed by atoms with Crippen LogP contribution in [0.2, 0.25) is 0 Å². The van der Waals surface area contributed by atoms with Crippen LogP contribution in [0.25, 0.3) is 0 Å². The molecule has 0 radical (unpaired) electrons. The highest BCUT2D eigenvalue weighted by atomic mass is 32.2. The molecule has 0 unspecified atom stereocenters. The number of anilines is 1. The maximum atomic E-state index is 12.6. The Morgan fingerprint density at radius 2 is 2.14 bits per heavy atom. The number of benzene rings is 1. The first-order valence-corrected chi connectivity index (χ1v) is 11.1. The van der Waals surface area contributed by atoms with Gasteiger partial charge >= 0.3 is 0 Å². The smallest absolute Gasteiger partial charge is 0.279 e. The van der Waals surface area contributed by atoms with Gasteiger partial charge in [0, 0.05) is 41.0 Å². The van der Waals surface area contributed by atoms with Crippen LogP contribution in [0.1, 0.15) is 33.2 Å². The van der Waals surface area contributed by atoms with Crippen molar-refractivity contribution >= 4 is 40.0 Å². The molecular weight excluding hydrogens is 408 g/mol. The minimum absolute atomic E-state index is 0.149. The molecule has 2 aromatic heterocycles. The number of carbonyl (C=O) groups is 2. The zero-order chi connectivity index (χ0) is 20.2. The van der Waals surface area contributed by atoms with E-state index >= 15 is 0 Å². The van der Waals surface area contributed by atoms with Gasteiger partial charge in [0.2, 0.25) is 5.91 Å². The van der Waals surface area contributed by atoms with E-state index in [-0.39, 0.29) is 17.5 Å². The quantitative estimate of drug-likeness (QED) is 0.602. The summed E-state index contributed by atoms with van der Waals surface area (Å²) in [6, 6.07) is 11.7. The fraction of sp³-hybridized carbons (Fsp3) is 0.300. The number of nitrogens with one attached hydrogen (secondary N) is 1. The van der Waals surface area contributed by atoms with Gasteiger partial charge in [-0.1, -0.05) is 34.7 Å². The van der Waals surface area contributed by atoms with Crippen molar-refractivity contribution < 1.29 is 14.1 Å². The molecule has 0 fully saturated rings. The molecule has 0 atom stereocenters. The van der Waals surface area contributed by atoms with Gasteiger partial charge < -0.3 is 9.42 Å². The third-order valence-electron chi connectivity index (χ3n) is 4.49. The predicted octanol–water partition coefficient (Wildman–Crippen LogP) is 3.76. The first-order valence-electron chi connectivity index (χ1n) is 9.27. The number of thiazole rings is 1. The van der Waals surface area contributed by atoms with Gasteiger partial charge in [-0.3, -0.25) is 14.9 Å². The van der Waals surface area contributed by atoms with E-state index in [1.165, 1.54) is 16.2 Å². The van der Waals surface area contributed by atoms with Crippen molar-refractivity contribution in [1.29, 1.82) is 0 Å². The molecule has 0 saturated carbocycles. The number of rotatable bonds is 6. The molecule has 29 heavy (non-hydrogen) atoms. The number of fused-ring (bicyclic) bond motifs is 1.